The second-order valence-corrected chi connectivity index (χ2v) is 8.30. The molecule has 0 radical (unpaired) electrons. The van der Waals surface area contributed by atoms with Crippen molar-refractivity contribution in [2.24, 2.45) is 0 Å². The van der Waals surface area contributed by atoms with Crippen molar-refractivity contribution in [1.82, 2.24) is 0 Å². The van der Waals surface area contributed by atoms with Crippen LogP contribution in [0.1, 0.15) is 125 Å². The average molecular weight is 425 g/mol. The van der Waals surface area contributed by atoms with E-state index in [0.29, 0.717) is 24.8 Å². The topological polar surface area (TPSA) is 66.8 Å². The van der Waals surface area contributed by atoms with Crippen LogP contribution in [-0.4, -0.2) is 16.2 Å². The highest BCUT2D eigenvalue weighted by molar-refractivity contribution is 5.95. The molecule has 0 bridgehead atoms. The van der Waals surface area contributed by atoms with E-state index in [4.69, 9.17) is 0 Å². The Morgan fingerprint density at radius 2 is 1.10 bits per heavy atom. The first-order valence-electron chi connectivity index (χ1n) is 11.9. The molecule has 1 aromatic carbocycles. The Kier molecular flexibility index (Phi) is 13.2. The van der Waals surface area contributed by atoms with Gasteiger partial charge in [-0.2, -0.15) is 0 Å². The first-order chi connectivity index (χ1) is 14.5. The van der Waals surface area contributed by atoms with Crippen LogP contribution in [0, 0.1) is 0 Å². The number of rotatable bonds is 16. The summed E-state index contributed by atoms with van der Waals surface area (Å²) in [6, 6.07) is 0. The molecule has 4 nitrogen and oxygen atoms in total. The van der Waals surface area contributed by atoms with Crippen molar-refractivity contribution in [1.29, 1.82) is 0 Å². The molecule has 1 rings (SSSR count). The van der Waals surface area contributed by atoms with E-state index in [2.05, 4.69) is 25.7 Å². The molecule has 0 saturated heterocycles. The van der Waals surface area contributed by atoms with Crippen LogP contribution in [0.5, 0.6) is 11.5 Å². The summed E-state index contributed by atoms with van der Waals surface area (Å²) in [6.45, 7) is 6.43. The maximum Gasteiger partial charge on any atom is 0.383 e. The van der Waals surface area contributed by atoms with E-state index in [9.17, 15) is 19.5 Å². The molecular weight excluding hydrogens is 383 g/mol. The number of benzene rings is 1. The molecule has 5 heteroatoms. The Morgan fingerprint density at radius 1 is 0.667 bits per heavy atom. The summed E-state index contributed by atoms with van der Waals surface area (Å²) >= 11 is 0. The number of aromatic hydroxyl groups is 2. The fraction of sp³-hybridized carbons (Fsp3) is 0.720. The van der Waals surface area contributed by atoms with E-state index in [1.54, 1.807) is 0 Å². The highest BCUT2D eigenvalue weighted by Gasteiger charge is 2.28. The lowest BCUT2D eigenvalue weighted by Crippen LogP contribution is -2.12. The summed E-state index contributed by atoms with van der Waals surface area (Å²) < 4.78 is 12.8. The second-order valence-electron chi connectivity index (χ2n) is 8.30. The van der Waals surface area contributed by atoms with Gasteiger partial charge in [-0.15, -0.1) is 0 Å². The largest absolute Gasteiger partial charge is 0.504 e. The summed E-state index contributed by atoms with van der Waals surface area (Å²) in [7, 11) is 0. The van der Waals surface area contributed by atoms with Gasteiger partial charge < -0.3 is 10.2 Å². The van der Waals surface area contributed by atoms with Gasteiger partial charge in [0.15, 0.2) is 11.5 Å². The third-order valence-electron chi connectivity index (χ3n) is 5.89. The molecule has 30 heavy (non-hydrogen) atoms. The Hall–Kier alpha value is -1.78. The van der Waals surface area contributed by atoms with Crippen molar-refractivity contribution in [3.63, 3.8) is 0 Å². The number of unbranched alkanes of at least 4 members (excludes halogenated alkanes) is 9. The maximum atomic E-state index is 12.8. The minimum absolute atomic E-state index is 0.200. The molecule has 0 spiro atoms. The number of carbonyl (C=O) groups excluding carboxylic acids is 1. The SMILES string of the molecule is CCCCCCc1c(O)c(O)c(C(=O)OF)c(CCCCCC)c1CCCCCC. The number of halogens is 1. The Morgan fingerprint density at radius 3 is 1.53 bits per heavy atom. The van der Waals surface area contributed by atoms with Crippen LogP contribution in [0.15, 0.2) is 0 Å². The fourth-order valence-electron chi connectivity index (χ4n) is 4.17. The first kappa shape index (κ1) is 26.3. The van der Waals surface area contributed by atoms with Crippen LogP contribution in [-0.2, 0) is 24.2 Å². The molecule has 2 N–H and O–H groups in total. The van der Waals surface area contributed by atoms with Crippen molar-refractivity contribution in [3.05, 3.63) is 22.3 Å². The van der Waals surface area contributed by atoms with Crippen LogP contribution < -0.4 is 0 Å². The highest BCUT2D eigenvalue weighted by Crippen LogP contribution is 2.41. The average Bonchev–Trinajstić information content (AvgIpc) is 2.75. The lowest BCUT2D eigenvalue weighted by molar-refractivity contribution is -0.0791. The highest BCUT2D eigenvalue weighted by atomic mass is 19.3. The second kappa shape index (κ2) is 15.1. The Bertz CT molecular complexity index is 643. The minimum atomic E-state index is -1.22. The Labute approximate surface area is 181 Å². The van der Waals surface area contributed by atoms with Crippen LogP contribution in [0.3, 0.4) is 0 Å². The van der Waals surface area contributed by atoms with Gasteiger partial charge in [0, 0.05) is 10.1 Å². The van der Waals surface area contributed by atoms with Crippen molar-refractivity contribution >= 4 is 5.97 Å². The fourth-order valence-corrected chi connectivity index (χ4v) is 4.17. The molecule has 0 aromatic heterocycles. The number of hydrogen-bond donors (Lipinski definition) is 2. The van der Waals surface area contributed by atoms with E-state index >= 15 is 0 Å². The van der Waals surface area contributed by atoms with Gasteiger partial charge in [-0.1, -0.05) is 78.6 Å². The summed E-state index contributed by atoms with van der Waals surface area (Å²) in [5.41, 5.74) is 2.09. The number of phenols is 2. The summed E-state index contributed by atoms with van der Waals surface area (Å²) in [5.74, 6) is -2.04. The Balaban J connectivity index is 3.36. The molecule has 0 fully saturated rings. The van der Waals surface area contributed by atoms with E-state index in [1.807, 2.05) is 0 Å². The zero-order valence-corrected chi connectivity index (χ0v) is 19.2. The first-order valence-corrected chi connectivity index (χ1v) is 11.9. The molecule has 0 aliphatic heterocycles. The monoisotopic (exact) mass is 424 g/mol. The normalized spacial score (nSPS) is 11.1. The zero-order valence-electron chi connectivity index (χ0n) is 19.2. The van der Waals surface area contributed by atoms with Gasteiger partial charge in [-0.05, 0) is 49.7 Å². The zero-order chi connectivity index (χ0) is 22.4. The standard InChI is InChI=1S/C25H41FO4/c1-4-7-10-13-16-19-20(17-14-11-8-5-2)22(25(29)30-26)24(28)23(27)21(19)18-15-12-9-6-3/h27-28H,4-18H2,1-3H3. The van der Waals surface area contributed by atoms with Crippen LogP contribution >= 0.6 is 0 Å². The van der Waals surface area contributed by atoms with Gasteiger partial charge >= 0.3 is 5.97 Å². The van der Waals surface area contributed by atoms with Crippen LogP contribution in [0.25, 0.3) is 0 Å². The van der Waals surface area contributed by atoms with E-state index in [1.165, 1.54) is 0 Å². The maximum absolute atomic E-state index is 12.8. The number of phenolic OH excluding ortho intramolecular Hbond substituents is 2. The van der Waals surface area contributed by atoms with Crippen molar-refractivity contribution < 1.29 is 24.5 Å². The lowest BCUT2D eigenvalue weighted by atomic mass is 9.85. The smallest absolute Gasteiger partial charge is 0.383 e. The molecule has 1 aromatic rings. The van der Waals surface area contributed by atoms with E-state index in [-0.39, 0.29) is 11.3 Å². The molecule has 0 aliphatic carbocycles. The summed E-state index contributed by atoms with van der Waals surface area (Å²) in [5, 5.41) is 21.3. The molecule has 0 saturated carbocycles. The molecule has 0 amide bonds. The van der Waals surface area contributed by atoms with Crippen LogP contribution in [0.4, 0.5) is 4.53 Å². The third kappa shape index (κ3) is 7.81. The van der Waals surface area contributed by atoms with Gasteiger partial charge in [0.05, 0.1) is 0 Å². The summed E-state index contributed by atoms with van der Waals surface area (Å²) in [6.07, 6.45) is 14.4. The van der Waals surface area contributed by atoms with Gasteiger partial charge in [0.2, 0.25) is 0 Å². The number of hydrogen-bond acceptors (Lipinski definition) is 4. The van der Waals surface area contributed by atoms with Crippen molar-refractivity contribution in [2.45, 2.75) is 117 Å². The van der Waals surface area contributed by atoms with Gasteiger partial charge in [-0.25, -0.2) is 9.74 Å². The van der Waals surface area contributed by atoms with Crippen LogP contribution in [0.2, 0.25) is 0 Å². The quantitative estimate of drug-likeness (QED) is 0.213. The van der Waals surface area contributed by atoms with Crippen molar-refractivity contribution in [2.75, 3.05) is 0 Å². The molecule has 172 valence electrons. The van der Waals surface area contributed by atoms with E-state index in [0.717, 1.165) is 88.2 Å². The van der Waals surface area contributed by atoms with Gasteiger partial charge in [0.1, 0.15) is 5.56 Å². The van der Waals surface area contributed by atoms with E-state index < -0.39 is 11.7 Å². The predicted octanol–water partition coefficient (Wildman–Crippen LogP) is 7.51. The minimum Gasteiger partial charge on any atom is -0.504 e. The summed E-state index contributed by atoms with van der Waals surface area (Å²) in [4.78, 5) is 15.6. The molecule has 0 atom stereocenters. The molecule has 0 heterocycles. The molecular formula is C25H41FO4. The predicted molar refractivity (Wildman–Crippen MR) is 120 cm³/mol. The lowest BCUT2D eigenvalue weighted by Gasteiger charge is -2.21. The third-order valence-corrected chi connectivity index (χ3v) is 5.89. The molecule has 0 unspecified atom stereocenters. The number of carbonyl (C=O) groups is 1. The van der Waals surface area contributed by atoms with Crippen molar-refractivity contribution in [3.8, 4) is 11.5 Å². The molecule has 0 aliphatic rings. The van der Waals surface area contributed by atoms with Gasteiger partial charge in [-0.3, -0.25) is 0 Å². The van der Waals surface area contributed by atoms with Gasteiger partial charge in [0.25, 0.3) is 0 Å².